The van der Waals surface area contributed by atoms with Crippen LogP contribution in [-0.2, 0) is 13.1 Å². The van der Waals surface area contributed by atoms with Crippen molar-refractivity contribution in [2.75, 3.05) is 11.9 Å². The molecule has 8 heteroatoms. The molecule has 0 aromatic carbocycles. The predicted molar refractivity (Wildman–Crippen MR) is 84.5 cm³/mol. The van der Waals surface area contributed by atoms with E-state index in [2.05, 4.69) is 31.5 Å². The molecule has 0 atom stereocenters. The third kappa shape index (κ3) is 2.76. The summed E-state index contributed by atoms with van der Waals surface area (Å²) in [5.74, 6) is 0.818. The first-order chi connectivity index (χ1) is 10.7. The normalized spacial score (nSPS) is 10.8. The Kier molecular flexibility index (Phi) is 3.98. The second kappa shape index (κ2) is 6.07. The molecular weight excluding hydrogens is 298 g/mol. The van der Waals surface area contributed by atoms with Crippen LogP contribution in [-0.4, -0.2) is 31.8 Å². The molecule has 3 heterocycles. The maximum atomic E-state index is 8.71. The summed E-state index contributed by atoms with van der Waals surface area (Å²) >= 11 is 1.64. The molecule has 3 aromatic rings. The molecule has 0 aliphatic heterocycles. The molecule has 0 N–H and O–H groups in total. The van der Waals surface area contributed by atoms with Crippen LogP contribution in [0.15, 0.2) is 17.9 Å². The zero-order chi connectivity index (χ0) is 15.5. The topological polar surface area (TPSA) is 83.5 Å². The molecule has 0 spiro atoms. The first-order valence-electron chi connectivity index (χ1n) is 6.84. The standard InChI is InChI=1S/C14H15N7S/c1-10-19-11(8-22-10)7-20(2)13-12-6-18-21(5-3-4-15)14(12)17-9-16-13/h6,8-9H,3,5,7H2,1-2H3. The first kappa shape index (κ1) is 14.4. The third-order valence-electron chi connectivity index (χ3n) is 3.28. The highest BCUT2D eigenvalue weighted by atomic mass is 32.1. The van der Waals surface area contributed by atoms with Gasteiger partial charge in [-0.25, -0.2) is 19.6 Å². The zero-order valence-corrected chi connectivity index (χ0v) is 13.2. The van der Waals surface area contributed by atoms with E-state index in [0.29, 0.717) is 19.5 Å². The molecule has 3 aromatic heterocycles. The molecule has 0 fully saturated rings. The van der Waals surface area contributed by atoms with Crippen molar-refractivity contribution in [1.82, 2.24) is 24.7 Å². The average molecular weight is 313 g/mol. The molecular formula is C14H15N7S. The average Bonchev–Trinajstić information content (AvgIpc) is 3.11. The molecule has 0 aliphatic rings. The molecule has 0 unspecified atom stereocenters. The van der Waals surface area contributed by atoms with Gasteiger partial charge in [0.1, 0.15) is 12.1 Å². The van der Waals surface area contributed by atoms with Gasteiger partial charge in [0.05, 0.1) is 47.9 Å². The number of nitrogens with zero attached hydrogens (tertiary/aromatic N) is 7. The van der Waals surface area contributed by atoms with Crippen LogP contribution in [0, 0.1) is 18.3 Å². The Morgan fingerprint density at radius 1 is 1.41 bits per heavy atom. The minimum atomic E-state index is 0.407. The van der Waals surface area contributed by atoms with E-state index in [-0.39, 0.29) is 0 Å². The van der Waals surface area contributed by atoms with Crippen molar-refractivity contribution in [3.05, 3.63) is 28.6 Å². The van der Waals surface area contributed by atoms with Gasteiger partial charge in [0.25, 0.3) is 0 Å². The van der Waals surface area contributed by atoms with E-state index >= 15 is 0 Å². The van der Waals surface area contributed by atoms with Crippen LogP contribution in [0.2, 0.25) is 0 Å². The summed E-state index contributed by atoms with van der Waals surface area (Å²) < 4.78 is 1.74. The van der Waals surface area contributed by atoms with E-state index in [1.807, 2.05) is 18.9 Å². The molecule has 0 saturated carbocycles. The SMILES string of the molecule is Cc1nc(CN(C)c2ncnc3c2cnn3CCC#N)cs1. The van der Waals surface area contributed by atoms with Crippen LogP contribution in [0.3, 0.4) is 0 Å². The summed E-state index contributed by atoms with van der Waals surface area (Å²) in [5.41, 5.74) is 1.77. The van der Waals surface area contributed by atoms with Gasteiger partial charge in [0.15, 0.2) is 5.65 Å². The molecule has 112 valence electrons. The Morgan fingerprint density at radius 3 is 3.00 bits per heavy atom. The Balaban J connectivity index is 1.90. The van der Waals surface area contributed by atoms with Crippen LogP contribution in [0.1, 0.15) is 17.1 Å². The fourth-order valence-corrected chi connectivity index (χ4v) is 2.91. The van der Waals surface area contributed by atoms with Gasteiger partial charge in [0, 0.05) is 12.4 Å². The minimum Gasteiger partial charge on any atom is -0.353 e. The summed E-state index contributed by atoms with van der Waals surface area (Å²) in [4.78, 5) is 15.2. The van der Waals surface area contributed by atoms with Gasteiger partial charge in [-0.05, 0) is 6.92 Å². The summed E-state index contributed by atoms with van der Waals surface area (Å²) in [6, 6.07) is 2.12. The zero-order valence-electron chi connectivity index (χ0n) is 12.4. The number of thiazole rings is 1. The first-order valence-corrected chi connectivity index (χ1v) is 7.72. The van der Waals surface area contributed by atoms with Crippen molar-refractivity contribution >= 4 is 28.2 Å². The maximum absolute atomic E-state index is 8.71. The Morgan fingerprint density at radius 2 is 2.27 bits per heavy atom. The molecule has 3 rings (SSSR count). The molecule has 7 nitrogen and oxygen atoms in total. The Labute approximate surface area is 131 Å². The van der Waals surface area contributed by atoms with Gasteiger partial charge >= 0.3 is 0 Å². The molecule has 0 amide bonds. The molecule has 0 aliphatic carbocycles. The summed E-state index contributed by atoms with van der Waals surface area (Å²) in [6.07, 6.45) is 3.69. The van der Waals surface area contributed by atoms with Gasteiger partial charge in [-0.3, -0.25) is 0 Å². The van der Waals surface area contributed by atoms with Gasteiger partial charge < -0.3 is 4.90 Å². The molecule has 0 saturated heterocycles. The lowest BCUT2D eigenvalue weighted by Gasteiger charge is -2.17. The monoisotopic (exact) mass is 313 g/mol. The highest BCUT2D eigenvalue weighted by molar-refractivity contribution is 7.09. The predicted octanol–water partition coefficient (Wildman–Crippen LogP) is 2.14. The van der Waals surface area contributed by atoms with Gasteiger partial charge in [-0.2, -0.15) is 10.4 Å². The fourth-order valence-electron chi connectivity index (χ4n) is 2.30. The lowest BCUT2D eigenvalue weighted by atomic mass is 10.3. The fraction of sp³-hybridized carbons (Fsp3) is 0.357. The number of aromatic nitrogens is 5. The molecule has 0 bridgehead atoms. The van der Waals surface area contributed by atoms with Crippen LogP contribution in [0.4, 0.5) is 5.82 Å². The van der Waals surface area contributed by atoms with Gasteiger partial charge in [-0.15, -0.1) is 11.3 Å². The quantitative estimate of drug-likeness (QED) is 0.717. The van der Waals surface area contributed by atoms with Crippen molar-refractivity contribution in [1.29, 1.82) is 5.26 Å². The van der Waals surface area contributed by atoms with E-state index < -0.39 is 0 Å². The number of nitriles is 1. The lowest BCUT2D eigenvalue weighted by molar-refractivity contribution is 0.643. The minimum absolute atomic E-state index is 0.407. The Bertz CT molecular complexity index is 829. The highest BCUT2D eigenvalue weighted by Gasteiger charge is 2.14. The number of aryl methyl sites for hydroxylation is 2. The van der Waals surface area contributed by atoms with E-state index in [9.17, 15) is 0 Å². The second-order valence-corrected chi connectivity index (χ2v) is 5.99. The second-order valence-electron chi connectivity index (χ2n) is 4.92. The van der Waals surface area contributed by atoms with Gasteiger partial charge in [-0.1, -0.05) is 0 Å². The number of rotatable bonds is 5. The number of anilines is 1. The van der Waals surface area contributed by atoms with Crippen molar-refractivity contribution in [3.63, 3.8) is 0 Å². The third-order valence-corrected chi connectivity index (χ3v) is 4.10. The molecule has 22 heavy (non-hydrogen) atoms. The van der Waals surface area contributed by atoms with E-state index in [1.54, 1.807) is 22.2 Å². The maximum Gasteiger partial charge on any atom is 0.163 e. The van der Waals surface area contributed by atoms with Crippen LogP contribution in [0.5, 0.6) is 0 Å². The van der Waals surface area contributed by atoms with Crippen LogP contribution < -0.4 is 4.90 Å². The van der Waals surface area contributed by atoms with E-state index in [0.717, 1.165) is 27.6 Å². The van der Waals surface area contributed by atoms with Crippen molar-refractivity contribution in [2.45, 2.75) is 26.4 Å². The summed E-state index contributed by atoms with van der Waals surface area (Å²) in [5, 5.41) is 17.0. The largest absolute Gasteiger partial charge is 0.353 e. The lowest BCUT2D eigenvalue weighted by Crippen LogP contribution is -2.18. The van der Waals surface area contributed by atoms with Crippen molar-refractivity contribution in [3.8, 4) is 6.07 Å². The molecule has 0 radical (unpaired) electrons. The number of hydrogen-bond donors (Lipinski definition) is 0. The number of fused-ring (bicyclic) bond motifs is 1. The highest BCUT2D eigenvalue weighted by Crippen LogP contribution is 2.23. The van der Waals surface area contributed by atoms with E-state index in [4.69, 9.17) is 5.26 Å². The summed E-state index contributed by atoms with van der Waals surface area (Å²) in [7, 11) is 1.98. The van der Waals surface area contributed by atoms with Crippen molar-refractivity contribution in [2.24, 2.45) is 0 Å². The van der Waals surface area contributed by atoms with Crippen LogP contribution >= 0.6 is 11.3 Å². The smallest absolute Gasteiger partial charge is 0.163 e. The Hall–Kier alpha value is -2.53. The van der Waals surface area contributed by atoms with Crippen LogP contribution in [0.25, 0.3) is 11.0 Å². The number of hydrogen-bond acceptors (Lipinski definition) is 7. The summed E-state index contributed by atoms with van der Waals surface area (Å²) in [6.45, 7) is 3.21. The van der Waals surface area contributed by atoms with Gasteiger partial charge in [0.2, 0.25) is 0 Å². The van der Waals surface area contributed by atoms with E-state index in [1.165, 1.54) is 6.33 Å². The van der Waals surface area contributed by atoms with Crippen molar-refractivity contribution < 1.29 is 0 Å².